The fraction of sp³-hybridized carbons (Fsp3) is 0.800. The fourth-order valence-corrected chi connectivity index (χ4v) is 1.45. The van der Waals surface area contributed by atoms with Gasteiger partial charge >= 0.3 is 43.7 Å². The molecule has 0 aliphatic heterocycles. The van der Waals surface area contributed by atoms with Crippen LogP contribution in [0.25, 0.3) is 0 Å². The Bertz CT molecular complexity index is 107. The summed E-state index contributed by atoms with van der Waals surface area (Å²) in [5, 5.41) is 7.86. The zero-order valence-corrected chi connectivity index (χ0v) is 6.43. The molecule has 0 saturated carbocycles. The molecule has 2 N–H and O–H groups in total. The molecule has 0 bridgehead atoms. The Hall–Kier alpha value is 1.04. The second-order valence-corrected chi connectivity index (χ2v) is 3.61. The Morgan fingerprint density at radius 3 is 2.10 bits per heavy atom. The summed E-state index contributed by atoms with van der Waals surface area (Å²) in [6.07, 6.45) is 2.06. The number of carbonyl (C=O) groups is 1. The van der Waals surface area contributed by atoms with E-state index in [1.54, 1.807) is 13.2 Å². The number of hydrogen-bond donors (Lipinski definition) is 3. The van der Waals surface area contributed by atoms with E-state index in [2.05, 4.69) is 0 Å². The number of aliphatic carboxylic acids is 1. The average Bonchev–Trinajstić information content (AvgIpc) is 1.64. The topological polar surface area (TPSA) is 57.5 Å². The molecule has 5 heteroatoms. The van der Waals surface area contributed by atoms with Gasteiger partial charge in [0.15, 0.2) is 0 Å². The van der Waals surface area contributed by atoms with Gasteiger partial charge < -0.3 is 9.66 Å². The van der Waals surface area contributed by atoms with E-state index in [0.717, 1.165) is 0 Å². The van der Waals surface area contributed by atoms with Gasteiger partial charge in [0.25, 0.3) is 0 Å². The van der Waals surface area contributed by atoms with Crippen LogP contribution in [0.4, 0.5) is 0 Å². The first-order valence-corrected chi connectivity index (χ1v) is 4.55. The summed E-state index contributed by atoms with van der Waals surface area (Å²) in [6.45, 7) is 1.76. The van der Waals surface area contributed by atoms with Gasteiger partial charge in [-0.2, -0.15) is 0 Å². The molecule has 0 aromatic rings. The van der Waals surface area contributed by atoms with E-state index < -0.39 is 22.4 Å². The molecule has 0 fully saturated rings. The number of carboxylic acid groups (broad SMARTS) is 1. The Labute approximate surface area is 93.4 Å². The van der Waals surface area contributed by atoms with E-state index in [1.807, 2.05) is 0 Å². The number of rotatable bonds is 3. The summed E-state index contributed by atoms with van der Waals surface area (Å²) in [7, 11) is 0. The van der Waals surface area contributed by atoms with Gasteiger partial charge in [0.05, 0.1) is 0 Å². The summed E-state index contributed by atoms with van der Waals surface area (Å²) in [4.78, 5) is 10.2. The van der Waals surface area contributed by atoms with Crippen LogP contribution in [0.2, 0.25) is 0 Å². The molecule has 2 unspecified atom stereocenters. The third kappa shape index (κ3) is 4.79. The van der Waals surface area contributed by atoms with Crippen molar-refractivity contribution in [2.75, 3.05) is 6.26 Å². The molecule has 0 aromatic carbocycles. The van der Waals surface area contributed by atoms with Crippen LogP contribution in [-0.4, -0.2) is 64.9 Å². The van der Waals surface area contributed by atoms with E-state index in [9.17, 15) is 4.79 Å². The summed E-state index contributed by atoms with van der Waals surface area (Å²) in [6, 6.07) is 0. The number of carboxylic acids is 1. The fourth-order valence-electron chi connectivity index (χ4n) is 0.599. The van der Waals surface area contributed by atoms with Crippen molar-refractivity contribution < 1.29 is 14.5 Å². The van der Waals surface area contributed by atoms with Crippen LogP contribution in [0.3, 0.4) is 0 Å². The summed E-state index contributed by atoms with van der Waals surface area (Å²) in [5.74, 6) is -0.895. The van der Waals surface area contributed by atoms with Gasteiger partial charge in [-0.05, 0) is 12.7 Å². The second kappa shape index (κ2) is 6.73. The van der Waals surface area contributed by atoms with Crippen molar-refractivity contribution >= 4 is 54.9 Å². The number of hydrogen-bond acceptors (Lipinski definition) is 2. The molecule has 0 aromatic heterocycles. The van der Waals surface area contributed by atoms with Crippen molar-refractivity contribution in [2.45, 2.75) is 18.6 Å². The molecule has 0 aliphatic rings. The minimum absolute atomic E-state index is 0. The van der Waals surface area contributed by atoms with Crippen molar-refractivity contribution in [2.24, 2.45) is 0 Å². The van der Waals surface area contributed by atoms with Crippen molar-refractivity contribution in [1.29, 1.82) is 0 Å². The predicted octanol–water partition coefficient (Wildman–Crippen LogP) is 0.0374. The van der Waals surface area contributed by atoms with E-state index in [-0.39, 0.29) is 37.7 Å². The SMILES string of the molecule is CCC(C(=O)O)[SH](C)O.[CaH2]. The molecule has 60 valence electrons. The monoisotopic (exact) mass is 194 g/mol. The van der Waals surface area contributed by atoms with E-state index in [1.165, 1.54) is 0 Å². The first kappa shape index (κ1) is 13.6. The second-order valence-electron chi connectivity index (χ2n) is 1.84. The van der Waals surface area contributed by atoms with Gasteiger partial charge in [-0.15, -0.1) is 11.2 Å². The van der Waals surface area contributed by atoms with Crippen molar-refractivity contribution in [3.05, 3.63) is 0 Å². The quantitative estimate of drug-likeness (QED) is 0.439. The van der Waals surface area contributed by atoms with E-state index in [4.69, 9.17) is 9.66 Å². The van der Waals surface area contributed by atoms with Crippen LogP contribution in [0.5, 0.6) is 0 Å². The molecular weight excluding hydrogens is 180 g/mol. The summed E-state index contributed by atoms with van der Waals surface area (Å²) in [5.41, 5.74) is 0. The number of thiol groups is 1. The Balaban J connectivity index is 0. The van der Waals surface area contributed by atoms with Crippen LogP contribution in [0.15, 0.2) is 0 Å². The first-order chi connectivity index (χ1) is 4.09. The van der Waals surface area contributed by atoms with Crippen molar-refractivity contribution in [3.63, 3.8) is 0 Å². The molecule has 0 amide bonds. The van der Waals surface area contributed by atoms with Gasteiger partial charge in [-0.3, -0.25) is 4.79 Å². The standard InChI is InChI=1S/C5H12O3S.Ca.2H/c1-3-4(5(6)7)9(2)8;;;/h4,8-9H,3H2,1-2H3,(H,6,7);;;. The maximum absolute atomic E-state index is 10.2. The van der Waals surface area contributed by atoms with Gasteiger partial charge in [-0.25, -0.2) is 0 Å². The first-order valence-electron chi connectivity index (χ1n) is 2.74. The Morgan fingerprint density at radius 2 is 2.10 bits per heavy atom. The van der Waals surface area contributed by atoms with Crippen molar-refractivity contribution in [1.82, 2.24) is 0 Å². The Kier molecular flexibility index (Phi) is 9.17. The maximum atomic E-state index is 10.2. The molecule has 2 atom stereocenters. The summed E-state index contributed by atoms with van der Waals surface area (Å²) < 4.78 is 8.87. The zero-order valence-electron chi connectivity index (χ0n) is 5.53. The van der Waals surface area contributed by atoms with Crippen molar-refractivity contribution in [3.8, 4) is 0 Å². The molecule has 10 heavy (non-hydrogen) atoms. The van der Waals surface area contributed by atoms with E-state index in [0.29, 0.717) is 6.42 Å². The Morgan fingerprint density at radius 1 is 1.70 bits per heavy atom. The third-order valence-electron chi connectivity index (χ3n) is 1.12. The molecule has 3 nitrogen and oxygen atoms in total. The molecule has 0 saturated heterocycles. The molecule has 0 spiro atoms. The van der Waals surface area contributed by atoms with Crippen LogP contribution in [-0.2, 0) is 4.79 Å². The van der Waals surface area contributed by atoms with Crippen LogP contribution in [0.1, 0.15) is 13.3 Å². The third-order valence-corrected chi connectivity index (χ3v) is 2.61. The minimum atomic E-state index is -1.30. The molecule has 0 aliphatic carbocycles. The van der Waals surface area contributed by atoms with Crippen LogP contribution < -0.4 is 0 Å². The van der Waals surface area contributed by atoms with E-state index >= 15 is 0 Å². The van der Waals surface area contributed by atoms with Gasteiger partial charge in [0.1, 0.15) is 5.25 Å². The van der Waals surface area contributed by atoms with Crippen LogP contribution >= 0.6 is 11.2 Å². The molecule has 0 rings (SSSR count). The molecule has 0 radical (unpaired) electrons. The predicted molar refractivity (Wildman–Crippen MR) is 47.8 cm³/mol. The zero-order chi connectivity index (χ0) is 7.44. The summed E-state index contributed by atoms with van der Waals surface area (Å²) >= 11 is -1.30. The molecular formula is C5H14CaO3S. The van der Waals surface area contributed by atoms with Gasteiger partial charge in [0, 0.05) is 0 Å². The van der Waals surface area contributed by atoms with Crippen LogP contribution in [0, 0.1) is 0 Å². The normalized spacial score (nSPS) is 16.9. The van der Waals surface area contributed by atoms with Gasteiger partial charge in [-0.1, -0.05) is 6.92 Å². The van der Waals surface area contributed by atoms with Gasteiger partial charge in [0.2, 0.25) is 0 Å². The average molecular weight is 194 g/mol. The molecule has 0 heterocycles.